The topological polar surface area (TPSA) is 17.1 Å². The molecule has 1 aromatic rings. The van der Waals surface area contributed by atoms with Gasteiger partial charge < -0.3 is 0 Å². The molecule has 0 saturated heterocycles. The standard InChI is InChI=1S/C14H20O/c1-3-8-12(9-4-2)14(15)13-10-6-5-7-11-13/h5-7,10-12H,3-4,8-9H2,1-2H3. The molecule has 0 bridgehead atoms. The molecule has 0 aliphatic rings. The predicted octanol–water partition coefficient (Wildman–Crippen LogP) is 4.09. The van der Waals surface area contributed by atoms with Crippen LogP contribution in [0.5, 0.6) is 0 Å². The number of hydrogen-bond donors (Lipinski definition) is 0. The lowest BCUT2D eigenvalue weighted by Gasteiger charge is -2.13. The van der Waals surface area contributed by atoms with E-state index in [2.05, 4.69) is 13.8 Å². The molecule has 15 heavy (non-hydrogen) atoms. The largest absolute Gasteiger partial charge is 0.294 e. The third-order valence-corrected chi connectivity index (χ3v) is 2.70. The van der Waals surface area contributed by atoms with Gasteiger partial charge in [0.1, 0.15) is 0 Å². The molecular formula is C14H20O. The maximum absolute atomic E-state index is 12.1. The Morgan fingerprint density at radius 2 is 1.60 bits per heavy atom. The van der Waals surface area contributed by atoms with Gasteiger partial charge in [0.05, 0.1) is 0 Å². The molecule has 0 atom stereocenters. The van der Waals surface area contributed by atoms with Gasteiger partial charge >= 0.3 is 0 Å². The van der Waals surface area contributed by atoms with Crippen LogP contribution in [0.4, 0.5) is 0 Å². The van der Waals surface area contributed by atoms with Crippen LogP contribution < -0.4 is 0 Å². The Labute approximate surface area is 92.5 Å². The van der Waals surface area contributed by atoms with Crippen LogP contribution in [-0.4, -0.2) is 5.78 Å². The summed E-state index contributed by atoms with van der Waals surface area (Å²) >= 11 is 0. The zero-order chi connectivity index (χ0) is 11.1. The van der Waals surface area contributed by atoms with Crippen LogP contribution in [-0.2, 0) is 0 Å². The van der Waals surface area contributed by atoms with Crippen molar-refractivity contribution in [2.24, 2.45) is 5.92 Å². The first kappa shape index (κ1) is 12.0. The Hall–Kier alpha value is -1.11. The number of carbonyl (C=O) groups excluding carboxylic acids is 1. The highest BCUT2D eigenvalue weighted by Crippen LogP contribution is 2.19. The number of carbonyl (C=O) groups is 1. The second-order valence-electron chi connectivity index (χ2n) is 4.00. The number of Topliss-reactive ketones (excluding diaryl/α,β-unsaturated/α-hetero) is 1. The van der Waals surface area contributed by atoms with E-state index in [1.807, 2.05) is 30.3 Å². The van der Waals surface area contributed by atoms with E-state index >= 15 is 0 Å². The molecule has 1 aromatic carbocycles. The zero-order valence-electron chi connectivity index (χ0n) is 9.70. The SMILES string of the molecule is CCCC(CCC)C(=O)c1ccccc1. The molecule has 82 valence electrons. The van der Waals surface area contributed by atoms with E-state index in [-0.39, 0.29) is 5.92 Å². The van der Waals surface area contributed by atoms with Gasteiger partial charge in [-0.3, -0.25) is 4.79 Å². The van der Waals surface area contributed by atoms with Crippen LogP contribution in [0.2, 0.25) is 0 Å². The van der Waals surface area contributed by atoms with Crippen LogP contribution in [0.15, 0.2) is 30.3 Å². The van der Waals surface area contributed by atoms with Crippen LogP contribution in [0.3, 0.4) is 0 Å². The highest BCUT2D eigenvalue weighted by molar-refractivity contribution is 5.97. The molecule has 0 fully saturated rings. The molecule has 0 amide bonds. The van der Waals surface area contributed by atoms with Gasteiger partial charge in [0.15, 0.2) is 5.78 Å². The fraction of sp³-hybridized carbons (Fsp3) is 0.500. The summed E-state index contributed by atoms with van der Waals surface area (Å²) in [7, 11) is 0. The second-order valence-corrected chi connectivity index (χ2v) is 4.00. The van der Waals surface area contributed by atoms with Crippen molar-refractivity contribution in [3.8, 4) is 0 Å². The summed E-state index contributed by atoms with van der Waals surface area (Å²) in [6, 6.07) is 9.65. The highest BCUT2D eigenvalue weighted by atomic mass is 16.1. The van der Waals surface area contributed by atoms with Crippen molar-refractivity contribution in [1.82, 2.24) is 0 Å². The van der Waals surface area contributed by atoms with Crippen molar-refractivity contribution < 1.29 is 4.79 Å². The van der Waals surface area contributed by atoms with E-state index in [1.54, 1.807) is 0 Å². The molecular weight excluding hydrogens is 184 g/mol. The van der Waals surface area contributed by atoms with Gasteiger partial charge in [0.2, 0.25) is 0 Å². The van der Waals surface area contributed by atoms with E-state index in [0.717, 1.165) is 31.2 Å². The molecule has 0 saturated carbocycles. The summed E-state index contributed by atoms with van der Waals surface area (Å²) in [6.07, 6.45) is 4.20. The molecule has 1 rings (SSSR count). The van der Waals surface area contributed by atoms with E-state index < -0.39 is 0 Å². The van der Waals surface area contributed by atoms with Gasteiger partial charge in [-0.05, 0) is 12.8 Å². The smallest absolute Gasteiger partial charge is 0.165 e. The number of hydrogen-bond acceptors (Lipinski definition) is 1. The number of ketones is 1. The lowest BCUT2D eigenvalue weighted by Crippen LogP contribution is -2.14. The first-order valence-corrected chi connectivity index (χ1v) is 5.88. The van der Waals surface area contributed by atoms with Crippen molar-refractivity contribution in [2.75, 3.05) is 0 Å². The lowest BCUT2D eigenvalue weighted by molar-refractivity contribution is 0.0905. The summed E-state index contributed by atoms with van der Waals surface area (Å²) in [5, 5.41) is 0. The van der Waals surface area contributed by atoms with E-state index in [9.17, 15) is 4.79 Å². The summed E-state index contributed by atoms with van der Waals surface area (Å²) < 4.78 is 0. The van der Waals surface area contributed by atoms with Gasteiger partial charge in [-0.15, -0.1) is 0 Å². The third-order valence-electron chi connectivity index (χ3n) is 2.70. The summed E-state index contributed by atoms with van der Waals surface area (Å²) in [5.74, 6) is 0.543. The molecule has 0 aliphatic carbocycles. The van der Waals surface area contributed by atoms with Crippen LogP contribution in [0.25, 0.3) is 0 Å². The maximum Gasteiger partial charge on any atom is 0.165 e. The minimum absolute atomic E-state index is 0.224. The fourth-order valence-corrected chi connectivity index (χ4v) is 1.94. The average molecular weight is 204 g/mol. The van der Waals surface area contributed by atoms with E-state index in [1.165, 1.54) is 0 Å². The van der Waals surface area contributed by atoms with Gasteiger partial charge in [0, 0.05) is 11.5 Å². The van der Waals surface area contributed by atoms with Crippen LogP contribution in [0.1, 0.15) is 49.9 Å². The first-order valence-electron chi connectivity index (χ1n) is 5.88. The van der Waals surface area contributed by atoms with Crippen molar-refractivity contribution >= 4 is 5.78 Å². The van der Waals surface area contributed by atoms with E-state index in [0.29, 0.717) is 5.78 Å². The predicted molar refractivity (Wildman–Crippen MR) is 64.1 cm³/mol. The van der Waals surface area contributed by atoms with Gasteiger partial charge in [-0.25, -0.2) is 0 Å². The molecule has 0 aliphatic heterocycles. The summed E-state index contributed by atoms with van der Waals surface area (Å²) in [4.78, 5) is 12.1. The average Bonchev–Trinajstić information content (AvgIpc) is 2.29. The van der Waals surface area contributed by atoms with Gasteiger partial charge in [-0.1, -0.05) is 57.0 Å². The Morgan fingerprint density at radius 3 is 2.07 bits per heavy atom. The van der Waals surface area contributed by atoms with Gasteiger partial charge in [0.25, 0.3) is 0 Å². The quantitative estimate of drug-likeness (QED) is 0.638. The third kappa shape index (κ3) is 3.50. The minimum Gasteiger partial charge on any atom is -0.294 e. The Morgan fingerprint density at radius 1 is 1.07 bits per heavy atom. The Bertz CT molecular complexity index is 283. The van der Waals surface area contributed by atoms with Crippen LogP contribution in [0, 0.1) is 5.92 Å². The fourth-order valence-electron chi connectivity index (χ4n) is 1.94. The first-order chi connectivity index (χ1) is 7.29. The molecule has 0 spiro atoms. The maximum atomic E-state index is 12.1. The number of rotatable bonds is 6. The van der Waals surface area contributed by atoms with E-state index in [4.69, 9.17) is 0 Å². The normalized spacial score (nSPS) is 10.6. The Balaban J connectivity index is 2.71. The highest BCUT2D eigenvalue weighted by Gasteiger charge is 2.17. The summed E-state index contributed by atoms with van der Waals surface area (Å²) in [6.45, 7) is 4.28. The molecule has 1 nitrogen and oxygen atoms in total. The molecule has 0 unspecified atom stereocenters. The second kappa shape index (κ2) is 6.39. The van der Waals surface area contributed by atoms with Gasteiger partial charge in [-0.2, -0.15) is 0 Å². The number of benzene rings is 1. The summed E-state index contributed by atoms with van der Waals surface area (Å²) in [5.41, 5.74) is 0.865. The van der Waals surface area contributed by atoms with Crippen molar-refractivity contribution in [2.45, 2.75) is 39.5 Å². The molecule has 0 radical (unpaired) electrons. The monoisotopic (exact) mass is 204 g/mol. The molecule has 1 heteroatoms. The molecule has 0 N–H and O–H groups in total. The van der Waals surface area contributed by atoms with Crippen LogP contribution >= 0.6 is 0 Å². The molecule has 0 heterocycles. The van der Waals surface area contributed by atoms with Crippen molar-refractivity contribution in [3.05, 3.63) is 35.9 Å². The minimum atomic E-state index is 0.224. The van der Waals surface area contributed by atoms with Crippen molar-refractivity contribution in [1.29, 1.82) is 0 Å². The molecule has 0 aromatic heterocycles. The Kier molecular flexibility index (Phi) is 5.09. The lowest BCUT2D eigenvalue weighted by atomic mass is 9.90. The zero-order valence-corrected chi connectivity index (χ0v) is 9.70. The van der Waals surface area contributed by atoms with Crippen molar-refractivity contribution in [3.63, 3.8) is 0 Å².